The lowest BCUT2D eigenvalue weighted by molar-refractivity contribution is 0.130. The van der Waals surface area contributed by atoms with E-state index in [4.69, 9.17) is 9.15 Å². The van der Waals surface area contributed by atoms with Gasteiger partial charge in [0.2, 0.25) is 5.89 Å². The molecular weight excluding hydrogens is 326 g/mol. The molecule has 1 aromatic heterocycles. The summed E-state index contributed by atoms with van der Waals surface area (Å²) in [5, 5.41) is 9.90. The van der Waals surface area contributed by atoms with Crippen molar-refractivity contribution in [1.29, 1.82) is 0 Å². The molecule has 0 spiro atoms. The predicted octanol–water partition coefficient (Wildman–Crippen LogP) is 5.40. The summed E-state index contributed by atoms with van der Waals surface area (Å²) in [6.45, 7) is 0.709. The minimum Gasteiger partial charge on any atom is -0.494 e. The van der Waals surface area contributed by atoms with Gasteiger partial charge < -0.3 is 14.3 Å². The van der Waals surface area contributed by atoms with E-state index in [1.165, 1.54) is 17.4 Å². The van der Waals surface area contributed by atoms with Crippen molar-refractivity contribution in [1.82, 2.24) is 4.98 Å². The Kier molecular flexibility index (Phi) is 6.85. The molecule has 0 fully saturated rings. The van der Waals surface area contributed by atoms with E-state index in [2.05, 4.69) is 29.2 Å². The number of benzene rings is 2. The lowest BCUT2D eigenvalue weighted by Crippen LogP contribution is -1.99. The Bertz CT molecular complexity index is 756. The van der Waals surface area contributed by atoms with E-state index in [0.717, 1.165) is 31.4 Å². The fourth-order valence-electron chi connectivity index (χ4n) is 2.90. The van der Waals surface area contributed by atoms with Crippen LogP contribution in [-0.2, 0) is 0 Å². The first-order valence-electron chi connectivity index (χ1n) is 9.18. The third kappa shape index (κ3) is 5.46. The van der Waals surface area contributed by atoms with Crippen LogP contribution in [0.4, 0.5) is 0 Å². The summed E-state index contributed by atoms with van der Waals surface area (Å²) in [7, 11) is 0. The maximum Gasteiger partial charge on any atom is 0.222 e. The van der Waals surface area contributed by atoms with Crippen molar-refractivity contribution in [2.45, 2.75) is 38.2 Å². The molecule has 0 aliphatic carbocycles. The van der Waals surface area contributed by atoms with Gasteiger partial charge in [-0.15, -0.1) is 0 Å². The topological polar surface area (TPSA) is 55.5 Å². The van der Waals surface area contributed by atoms with Crippen LogP contribution in [0.1, 0.15) is 44.1 Å². The van der Waals surface area contributed by atoms with Crippen LogP contribution in [0.5, 0.6) is 5.75 Å². The van der Waals surface area contributed by atoms with Crippen LogP contribution in [0.25, 0.3) is 11.1 Å². The Labute approximate surface area is 154 Å². The normalized spacial score (nSPS) is 12.0. The van der Waals surface area contributed by atoms with E-state index >= 15 is 0 Å². The number of aliphatic hydroxyl groups is 1. The molecule has 4 heteroatoms. The number of ether oxygens (including phenoxy) is 1. The Morgan fingerprint density at radius 3 is 2.54 bits per heavy atom. The highest BCUT2D eigenvalue weighted by molar-refractivity contribution is 5.64. The van der Waals surface area contributed by atoms with Gasteiger partial charge in [-0.2, -0.15) is 0 Å². The van der Waals surface area contributed by atoms with E-state index in [1.54, 1.807) is 6.20 Å². The molecule has 2 aromatic carbocycles. The molecule has 26 heavy (non-hydrogen) atoms. The number of unbranched alkanes of at least 4 members (excludes halogenated alkanes) is 3. The Morgan fingerprint density at radius 2 is 1.73 bits per heavy atom. The highest BCUT2D eigenvalue weighted by Gasteiger charge is 2.10. The third-order valence-corrected chi connectivity index (χ3v) is 4.32. The van der Waals surface area contributed by atoms with Crippen molar-refractivity contribution in [2.75, 3.05) is 6.61 Å². The number of rotatable bonds is 10. The fraction of sp³-hybridized carbons (Fsp3) is 0.318. The lowest BCUT2D eigenvalue weighted by atomic mass is 10.1. The van der Waals surface area contributed by atoms with Gasteiger partial charge >= 0.3 is 0 Å². The van der Waals surface area contributed by atoms with Crippen LogP contribution < -0.4 is 4.74 Å². The summed E-state index contributed by atoms with van der Waals surface area (Å²) < 4.78 is 11.0. The van der Waals surface area contributed by atoms with Crippen molar-refractivity contribution in [3.8, 4) is 16.9 Å². The second kappa shape index (κ2) is 9.78. The minimum atomic E-state index is -0.595. The zero-order valence-electron chi connectivity index (χ0n) is 14.9. The molecule has 1 N–H and O–H groups in total. The molecule has 1 heterocycles. The number of oxazole rings is 1. The molecule has 0 saturated carbocycles. The molecule has 4 nitrogen and oxygen atoms in total. The first-order chi connectivity index (χ1) is 12.8. The molecule has 0 radical (unpaired) electrons. The zero-order valence-corrected chi connectivity index (χ0v) is 14.9. The number of nitrogens with zero attached hydrogens (tertiary/aromatic N) is 1. The number of aliphatic hydroxyl groups excluding tert-OH is 1. The van der Waals surface area contributed by atoms with Gasteiger partial charge in [0.25, 0.3) is 0 Å². The van der Waals surface area contributed by atoms with Crippen LogP contribution in [0.3, 0.4) is 0 Å². The second-order valence-electron chi connectivity index (χ2n) is 6.33. The molecule has 1 unspecified atom stereocenters. The van der Waals surface area contributed by atoms with Gasteiger partial charge in [0.1, 0.15) is 18.1 Å². The molecule has 0 amide bonds. The van der Waals surface area contributed by atoms with Gasteiger partial charge in [-0.05, 0) is 36.1 Å². The summed E-state index contributed by atoms with van der Waals surface area (Å²) in [6.07, 6.45) is 7.23. The smallest absolute Gasteiger partial charge is 0.222 e. The van der Waals surface area contributed by atoms with Crippen LogP contribution in [0.15, 0.2) is 71.5 Å². The van der Waals surface area contributed by atoms with Crippen LogP contribution in [0, 0.1) is 0 Å². The fourth-order valence-corrected chi connectivity index (χ4v) is 2.90. The van der Waals surface area contributed by atoms with E-state index < -0.39 is 6.10 Å². The van der Waals surface area contributed by atoms with Crippen molar-refractivity contribution in [3.63, 3.8) is 0 Å². The number of aromatic nitrogens is 1. The van der Waals surface area contributed by atoms with Crippen molar-refractivity contribution >= 4 is 0 Å². The largest absolute Gasteiger partial charge is 0.494 e. The Hall–Kier alpha value is -2.59. The molecule has 136 valence electrons. The van der Waals surface area contributed by atoms with E-state index in [9.17, 15) is 5.11 Å². The van der Waals surface area contributed by atoms with Crippen LogP contribution in [0.2, 0.25) is 0 Å². The maximum absolute atomic E-state index is 9.90. The van der Waals surface area contributed by atoms with E-state index in [0.29, 0.717) is 18.9 Å². The van der Waals surface area contributed by atoms with Gasteiger partial charge in [0.05, 0.1) is 12.8 Å². The van der Waals surface area contributed by atoms with Crippen molar-refractivity contribution in [2.24, 2.45) is 0 Å². The number of hydrogen-bond acceptors (Lipinski definition) is 4. The standard InChI is InChI=1S/C22H25NO3/c24-21(22-23-14-16-26-22)13-6-1-2-7-15-25-20-12-8-11-19(17-20)18-9-4-3-5-10-18/h3-5,8-12,14,16-17,21,24H,1-2,6-7,13,15H2. The van der Waals surface area contributed by atoms with Crippen molar-refractivity contribution in [3.05, 3.63) is 72.9 Å². The molecule has 0 aliphatic heterocycles. The summed E-state index contributed by atoms with van der Waals surface area (Å²) >= 11 is 0. The summed E-state index contributed by atoms with van der Waals surface area (Å²) in [6, 6.07) is 18.5. The summed E-state index contributed by atoms with van der Waals surface area (Å²) in [4.78, 5) is 3.97. The maximum atomic E-state index is 9.90. The van der Waals surface area contributed by atoms with Gasteiger partial charge in [-0.1, -0.05) is 61.7 Å². The van der Waals surface area contributed by atoms with Crippen LogP contribution >= 0.6 is 0 Å². The van der Waals surface area contributed by atoms with Gasteiger partial charge in [0.15, 0.2) is 0 Å². The quantitative estimate of drug-likeness (QED) is 0.497. The molecular formula is C22H25NO3. The predicted molar refractivity (Wildman–Crippen MR) is 102 cm³/mol. The van der Waals surface area contributed by atoms with E-state index in [1.807, 2.05) is 30.3 Å². The molecule has 3 aromatic rings. The summed E-state index contributed by atoms with van der Waals surface area (Å²) in [5.74, 6) is 1.32. The average Bonchev–Trinajstić information content (AvgIpc) is 3.23. The van der Waals surface area contributed by atoms with Crippen molar-refractivity contribution < 1.29 is 14.3 Å². The van der Waals surface area contributed by atoms with Gasteiger partial charge in [-0.3, -0.25) is 0 Å². The second-order valence-corrected chi connectivity index (χ2v) is 6.33. The first-order valence-corrected chi connectivity index (χ1v) is 9.18. The molecule has 0 bridgehead atoms. The molecule has 0 aliphatic rings. The Morgan fingerprint density at radius 1 is 0.923 bits per heavy atom. The average molecular weight is 351 g/mol. The zero-order chi connectivity index (χ0) is 18.0. The minimum absolute atomic E-state index is 0.409. The number of hydrogen-bond donors (Lipinski definition) is 1. The van der Waals surface area contributed by atoms with Gasteiger partial charge in [0, 0.05) is 0 Å². The molecule has 0 saturated heterocycles. The monoisotopic (exact) mass is 351 g/mol. The first kappa shape index (κ1) is 18.2. The molecule has 3 rings (SSSR count). The highest BCUT2D eigenvalue weighted by atomic mass is 16.5. The Balaban J connectivity index is 1.33. The highest BCUT2D eigenvalue weighted by Crippen LogP contribution is 2.24. The van der Waals surface area contributed by atoms with Gasteiger partial charge in [-0.25, -0.2) is 4.98 Å². The summed E-state index contributed by atoms with van der Waals surface area (Å²) in [5.41, 5.74) is 2.37. The van der Waals surface area contributed by atoms with Crippen LogP contribution in [-0.4, -0.2) is 16.7 Å². The lowest BCUT2D eigenvalue weighted by Gasteiger charge is -2.09. The third-order valence-electron chi connectivity index (χ3n) is 4.32. The molecule has 1 atom stereocenters. The SMILES string of the molecule is OC(CCCCCCOc1cccc(-c2ccccc2)c1)c1ncco1. The van der Waals surface area contributed by atoms with E-state index in [-0.39, 0.29) is 0 Å².